The first-order chi connectivity index (χ1) is 8.81. The van der Waals surface area contributed by atoms with Gasteiger partial charge in [-0.1, -0.05) is 0 Å². The van der Waals surface area contributed by atoms with E-state index in [1.54, 1.807) is 0 Å². The zero-order valence-corrected chi connectivity index (χ0v) is 12.4. The summed E-state index contributed by atoms with van der Waals surface area (Å²) in [5.41, 5.74) is 0.122. The van der Waals surface area contributed by atoms with Crippen LogP contribution in [0.3, 0.4) is 0 Å². The van der Waals surface area contributed by atoms with Gasteiger partial charge in [0.2, 0.25) is 0 Å². The van der Waals surface area contributed by atoms with Crippen molar-refractivity contribution in [2.75, 3.05) is 0 Å². The predicted octanol–water partition coefficient (Wildman–Crippen LogP) is 2.97. The molecule has 1 spiro atoms. The van der Waals surface area contributed by atoms with Gasteiger partial charge < -0.3 is 0 Å². The van der Waals surface area contributed by atoms with Crippen LogP contribution in [0.25, 0.3) is 0 Å². The minimum absolute atomic E-state index is 0.122. The van der Waals surface area contributed by atoms with Crippen molar-refractivity contribution in [3.63, 3.8) is 0 Å². The van der Waals surface area contributed by atoms with Crippen molar-refractivity contribution >= 4 is 25.2 Å². The average Bonchev–Trinajstić information content (AvgIpc) is 2.97. The fraction of sp³-hybridized carbons (Fsp3) is 0.562. The Hall–Kier alpha value is -0.591. The number of rotatable bonds is 3. The molecule has 2 aliphatic carbocycles. The number of carbonyl (C=O) groups excluding carboxylic acids is 1. The molecule has 3 rings (SSSR count). The maximum absolute atomic E-state index is 12.2. The van der Waals surface area contributed by atoms with E-state index in [0.29, 0.717) is 26.7 Å². The average molecular weight is 307 g/mol. The van der Waals surface area contributed by atoms with Crippen LogP contribution in [0.5, 0.6) is 0 Å². The number of Topliss-reactive ketones (excluding diaryl/α,β-unsaturated/α-hetero) is 1. The van der Waals surface area contributed by atoms with Crippen molar-refractivity contribution in [3.05, 3.63) is 30.3 Å². The molecule has 0 unspecified atom stereocenters. The van der Waals surface area contributed by atoms with Crippen molar-refractivity contribution in [1.29, 1.82) is 0 Å². The first-order valence-corrected chi connectivity index (χ1v) is 9.09. The van der Waals surface area contributed by atoms with E-state index in [1.165, 1.54) is 35.5 Å². The molecule has 0 heterocycles. The zero-order valence-electron chi connectivity index (χ0n) is 10.7. The summed E-state index contributed by atoms with van der Waals surface area (Å²) in [6, 6.07) is 10.8. The van der Waals surface area contributed by atoms with Gasteiger partial charge >= 0.3 is 116 Å². The first kappa shape index (κ1) is 12.4. The molecule has 0 aromatic heterocycles. The minimum atomic E-state index is 0.122. The second-order valence-electron chi connectivity index (χ2n) is 5.65. The summed E-state index contributed by atoms with van der Waals surface area (Å²) >= 11 is 0.548. The molecule has 2 atom stereocenters. The van der Waals surface area contributed by atoms with Gasteiger partial charge in [-0.15, -0.1) is 0 Å². The normalized spacial score (nSPS) is 31.3. The van der Waals surface area contributed by atoms with E-state index in [9.17, 15) is 4.79 Å². The van der Waals surface area contributed by atoms with Crippen LogP contribution in [0.2, 0.25) is 5.32 Å². The van der Waals surface area contributed by atoms with E-state index in [4.69, 9.17) is 0 Å². The van der Waals surface area contributed by atoms with Crippen molar-refractivity contribution in [3.8, 4) is 0 Å². The van der Waals surface area contributed by atoms with Gasteiger partial charge in [-0.2, -0.15) is 0 Å². The fourth-order valence-corrected chi connectivity index (χ4v) is 6.33. The third kappa shape index (κ3) is 2.17. The van der Waals surface area contributed by atoms with Gasteiger partial charge in [-0.25, -0.2) is 0 Å². The van der Waals surface area contributed by atoms with E-state index < -0.39 is 0 Å². The van der Waals surface area contributed by atoms with Crippen LogP contribution in [0.1, 0.15) is 38.5 Å². The molecule has 0 saturated heterocycles. The van der Waals surface area contributed by atoms with Crippen molar-refractivity contribution < 1.29 is 4.79 Å². The van der Waals surface area contributed by atoms with E-state index in [1.807, 2.05) is 0 Å². The van der Waals surface area contributed by atoms with E-state index in [0.717, 1.165) is 12.8 Å². The van der Waals surface area contributed by atoms with Gasteiger partial charge in [-0.05, 0) is 0 Å². The fourth-order valence-electron chi connectivity index (χ4n) is 3.75. The molecule has 1 nitrogen and oxygen atoms in total. The SMILES string of the molecule is O=C1CCC[C@]12CCC[C@H]2C[Se]c1ccccc1. The summed E-state index contributed by atoms with van der Waals surface area (Å²) in [4.78, 5) is 12.2. The molecule has 2 heteroatoms. The number of hydrogen-bond donors (Lipinski definition) is 0. The number of benzene rings is 1. The molecule has 96 valence electrons. The Kier molecular flexibility index (Phi) is 3.59. The van der Waals surface area contributed by atoms with E-state index in [-0.39, 0.29) is 5.41 Å². The van der Waals surface area contributed by atoms with Crippen LogP contribution in [-0.4, -0.2) is 20.7 Å². The first-order valence-electron chi connectivity index (χ1n) is 7.02. The third-order valence-corrected chi connectivity index (χ3v) is 7.20. The molecule has 0 N–H and O–H groups in total. The summed E-state index contributed by atoms with van der Waals surface area (Å²) in [6.45, 7) is 0. The molecular formula is C16H20OSe. The Balaban J connectivity index is 1.67. The van der Waals surface area contributed by atoms with Crippen LogP contribution < -0.4 is 4.46 Å². The Bertz CT molecular complexity index is 424. The monoisotopic (exact) mass is 308 g/mol. The number of carbonyl (C=O) groups is 1. The van der Waals surface area contributed by atoms with Gasteiger partial charge in [0.05, 0.1) is 0 Å². The molecule has 0 bridgehead atoms. The maximum atomic E-state index is 12.2. The van der Waals surface area contributed by atoms with Crippen molar-refractivity contribution in [1.82, 2.24) is 0 Å². The molecule has 0 radical (unpaired) electrons. The molecule has 18 heavy (non-hydrogen) atoms. The van der Waals surface area contributed by atoms with Gasteiger partial charge in [-0.3, -0.25) is 0 Å². The van der Waals surface area contributed by atoms with Gasteiger partial charge in [0.25, 0.3) is 0 Å². The quantitative estimate of drug-likeness (QED) is 0.785. The molecular weight excluding hydrogens is 287 g/mol. The summed E-state index contributed by atoms with van der Waals surface area (Å²) < 4.78 is 1.48. The topological polar surface area (TPSA) is 17.1 Å². The summed E-state index contributed by atoms with van der Waals surface area (Å²) in [5, 5.41) is 1.27. The Morgan fingerprint density at radius 2 is 1.94 bits per heavy atom. The molecule has 1 aromatic rings. The molecule has 0 amide bonds. The Morgan fingerprint density at radius 1 is 1.17 bits per heavy atom. The Morgan fingerprint density at radius 3 is 2.67 bits per heavy atom. The zero-order chi connectivity index (χ0) is 12.4. The second kappa shape index (κ2) is 5.19. The van der Waals surface area contributed by atoms with E-state index >= 15 is 0 Å². The third-order valence-electron chi connectivity index (χ3n) is 4.73. The van der Waals surface area contributed by atoms with Gasteiger partial charge in [0.1, 0.15) is 0 Å². The number of hydrogen-bond acceptors (Lipinski definition) is 1. The summed E-state index contributed by atoms with van der Waals surface area (Å²) in [6.07, 6.45) is 6.94. The molecule has 2 fully saturated rings. The molecule has 1 aromatic carbocycles. The molecule has 0 aliphatic heterocycles. The van der Waals surface area contributed by atoms with Crippen LogP contribution in [0.15, 0.2) is 30.3 Å². The van der Waals surface area contributed by atoms with Gasteiger partial charge in [0, 0.05) is 0 Å². The van der Waals surface area contributed by atoms with Crippen molar-refractivity contribution in [2.45, 2.75) is 43.8 Å². The van der Waals surface area contributed by atoms with Crippen molar-refractivity contribution in [2.24, 2.45) is 11.3 Å². The molecule has 2 saturated carbocycles. The van der Waals surface area contributed by atoms with Gasteiger partial charge in [0.15, 0.2) is 0 Å². The van der Waals surface area contributed by atoms with E-state index in [2.05, 4.69) is 30.3 Å². The molecule has 2 aliphatic rings. The van der Waals surface area contributed by atoms with Crippen LogP contribution in [0, 0.1) is 11.3 Å². The summed E-state index contributed by atoms with van der Waals surface area (Å²) in [5.74, 6) is 1.28. The second-order valence-corrected chi connectivity index (χ2v) is 7.94. The van der Waals surface area contributed by atoms with Crippen LogP contribution in [0.4, 0.5) is 0 Å². The predicted molar refractivity (Wildman–Crippen MR) is 75.3 cm³/mol. The standard InChI is InChI=1S/C16H20OSe/c17-15-9-5-11-16(15)10-4-6-13(16)12-18-14-7-2-1-3-8-14/h1-3,7-8,13H,4-6,9-12H2/t13-,16-/m0/s1. The van der Waals surface area contributed by atoms with Crippen LogP contribution >= 0.6 is 0 Å². The van der Waals surface area contributed by atoms with Crippen LogP contribution in [-0.2, 0) is 4.79 Å². The summed E-state index contributed by atoms with van der Waals surface area (Å²) in [7, 11) is 0. The number of ketones is 1. The Labute approximate surface area is 116 Å².